The van der Waals surface area contributed by atoms with Crippen molar-refractivity contribution in [3.8, 4) is 11.3 Å². The van der Waals surface area contributed by atoms with Gasteiger partial charge in [-0.05, 0) is 19.1 Å². The maximum atomic E-state index is 12.5. The van der Waals surface area contributed by atoms with Crippen molar-refractivity contribution in [1.82, 2.24) is 9.66 Å². The Morgan fingerprint density at radius 3 is 2.95 bits per heavy atom. The van der Waals surface area contributed by atoms with E-state index in [1.54, 1.807) is 25.3 Å². The fourth-order valence-corrected chi connectivity index (χ4v) is 2.96. The first kappa shape index (κ1) is 12.6. The number of nitrogens with zero attached hydrogens (tertiary/aromatic N) is 2. The van der Waals surface area contributed by atoms with E-state index in [0.29, 0.717) is 27.4 Å². The molecular weight excluding hydrogens is 278 g/mol. The molecule has 3 aromatic rings. The van der Waals surface area contributed by atoms with E-state index >= 15 is 0 Å². The van der Waals surface area contributed by atoms with E-state index in [4.69, 9.17) is 4.42 Å². The molecular formula is C13H11N3O3S. The number of aromatic nitrogens is 2. The van der Waals surface area contributed by atoms with Crippen molar-refractivity contribution in [2.45, 2.75) is 13.8 Å². The summed E-state index contributed by atoms with van der Waals surface area (Å²) in [4.78, 5) is 28.7. The molecule has 0 radical (unpaired) electrons. The first-order chi connectivity index (χ1) is 9.58. The highest BCUT2D eigenvalue weighted by Gasteiger charge is 2.17. The lowest BCUT2D eigenvalue weighted by molar-refractivity contribution is -0.115. The van der Waals surface area contributed by atoms with Crippen molar-refractivity contribution in [3.05, 3.63) is 40.0 Å². The van der Waals surface area contributed by atoms with Gasteiger partial charge in [0.1, 0.15) is 16.4 Å². The highest BCUT2D eigenvalue weighted by molar-refractivity contribution is 7.17. The molecule has 0 saturated carbocycles. The van der Waals surface area contributed by atoms with Gasteiger partial charge in [0, 0.05) is 17.9 Å². The number of nitrogens with one attached hydrogen (secondary N) is 1. The lowest BCUT2D eigenvalue weighted by Gasteiger charge is -2.09. The van der Waals surface area contributed by atoms with Crippen LogP contribution in [0.4, 0.5) is 0 Å². The zero-order valence-corrected chi connectivity index (χ0v) is 11.7. The molecule has 0 fully saturated rings. The fraction of sp³-hybridized carbons (Fsp3) is 0.154. The van der Waals surface area contributed by atoms with Crippen LogP contribution in [0.2, 0.25) is 0 Å². The van der Waals surface area contributed by atoms with E-state index in [1.165, 1.54) is 18.3 Å². The summed E-state index contributed by atoms with van der Waals surface area (Å²) in [5, 5.41) is 2.28. The van der Waals surface area contributed by atoms with Gasteiger partial charge in [0.15, 0.2) is 0 Å². The van der Waals surface area contributed by atoms with Gasteiger partial charge >= 0.3 is 0 Å². The topological polar surface area (TPSA) is 77.1 Å². The first-order valence-corrected chi connectivity index (χ1v) is 6.78. The third-order valence-corrected chi connectivity index (χ3v) is 3.70. The fourth-order valence-electron chi connectivity index (χ4n) is 1.99. The molecule has 7 heteroatoms. The molecule has 3 heterocycles. The van der Waals surface area contributed by atoms with Crippen LogP contribution in [0.5, 0.6) is 0 Å². The van der Waals surface area contributed by atoms with Gasteiger partial charge in [-0.1, -0.05) is 0 Å². The maximum Gasteiger partial charge on any atom is 0.281 e. The van der Waals surface area contributed by atoms with Gasteiger partial charge in [0.2, 0.25) is 5.91 Å². The second-order valence-electron chi connectivity index (χ2n) is 4.27. The van der Waals surface area contributed by atoms with Crippen LogP contribution < -0.4 is 11.0 Å². The van der Waals surface area contributed by atoms with Gasteiger partial charge in [-0.15, -0.1) is 11.3 Å². The molecule has 3 aromatic heterocycles. The lowest BCUT2D eigenvalue weighted by atomic mass is 10.2. The minimum atomic E-state index is -0.328. The minimum absolute atomic E-state index is 0.310. The van der Waals surface area contributed by atoms with Gasteiger partial charge < -0.3 is 4.42 Å². The molecule has 0 aliphatic rings. The third kappa shape index (κ3) is 1.92. The Hall–Kier alpha value is -2.41. The molecule has 0 aliphatic heterocycles. The molecule has 1 N–H and O–H groups in total. The van der Waals surface area contributed by atoms with Crippen LogP contribution in [0, 0.1) is 6.92 Å². The minimum Gasteiger partial charge on any atom is -0.464 e. The normalized spacial score (nSPS) is 10.9. The highest BCUT2D eigenvalue weighted by atomic mass is 32.1. The summed E-state index contributed by atoms with van der Waals surface area (Å²) >= 11 is 1.37. The number of hydrogen-bond acceptors (Lipinski definition) is 5. The van der Waals surface area contributed by atoms with Crippen LogP contribution >= 0.6 is 11.3 Å². The molecule has 0 aromatic carbocycles. The van der Waals surface area contributed by atoms with E-state index < -0.39 is 0 Å². The summed E-state index contributed by atoms with van der Waals surface area (Å²) in [5.41, 5.74) is 2.85. The molecule has 0 unspecified atom stereocenters. The van der Waals surface area contributed by atoms with Crippen molar-refractivity contribution < 1.29 is 9.21 Å². The number of aryl methyl sites for hydroxylation is 1. The van der Waals surface area contributed by atoms with Crippen LogP contribution in [-0.4, -0.2) is 15.6 Å². The van der Waals surface area contributed by atoms with Gasteiger partial charge in [-0.25, -0.2) is 9.66 Å². The maximum absolute atomic E-state index is 12.5. The van der Waals surface area contributed by atoms with Gasteiger partial charge in [-0.3, -0.25) is 15.0 Å². The zero-order valence-electron chi connectivity index (χ0n) is 10.8. The Morgan fingerprint density at radius 2 is 2.30 bits per heavy atom. The van der Waals surface area contributed by atoms with Crippen molar-refractivity contribution in [2.75, 3.05) is 5.43 Å². The molecule has 0 aliphatic carbocycles. The van der Waals surface area contributed by atoms with Crippen LogP contribution in [0.25, 0.3) is 21.5 Å². The summed E-state index contributed by atoms with van der Waals surface area (Å²) < 4.78 is 6.49. The molecule has 0 saturated heterocycles. The second-order valence-corrected chi connectivity index (χ2v) is 5.13. The summed E-state index contributed by atoms with van der Waals surface area (Å²) in [6, 6.07) is 3.54. The van der Waals surface area contributed by atoms with Crippen LogP contribution in [0.15, 0.2) is 33.0 Å². The van der Waals surface area contributed by atoms with Crippen molar-refractivity contribution in [2.24, 2.45) is 0 Å². The largest absolute Gasteiger partial charge is 0.464 e. The van der Waals surface area contributed by atoms with Crippen LogP contribution in [-0.2, 0) is 4.79 Å². The molecule has 20 heavy (non-hydrogen) atoms. The Balaban J connectivity index is 2.32. The molecule has 0 bridgehead atoms. The van der Waals surface area contributed by atoms with Crippen molar-refractivity contribution >= 4 is 27.5 Å². The Labute approximate surface area is 117 Å². The van der Waals surface area contributed by atoms with Gasteiger partial charge in [0.05, 0.1) is 11.6 Å². The average Bonchev–Trinajstić information content (AvgIpc) is 3.01. The molecule has 0 atom stereocenters. The molecule has 0 spiro atoms. The van der Waals surface area contributed by atoms with E-state index in [1.807, 2.05) is 5.38 Å². The van der Waals surface area contributed by atoms with Crippen molar-refractivity contribution in [1.29, 1.82) is 0 Å². The number of amides is 1. The number of furan rings is 1. The van der Waals surface area contributed by atoms with E-state index in [-0.39, 0.29) is 11.5 Å². The Morgan fingerprint density at radius 1 is 1.50 bits per heavy atom. The van der Waals surface area contributed by atoms with Gasteiger partial charge in [0.25, 0.3) is 5.56 Å². The molecule has 1 amide bonds. The molecule has 102 valence electrons. The molecule has 6 nitrogen and oxygen atoms in total. The zero-order chi connectivity index (χ0) is 14.3. The summed E-state index contributed by atoms with van der Waals surface area (Å²) in [7, 11) is 0. The van der Waals surface area contributed by atoms with Crippen LogP contribution in [0.3, 0.4) is 0 Å². The number of carbonyl (C=O) groups is 1. The van der Waals surface area contributed by atoms with E-state index in [9.17, 15) is 9.59 Å². The standard InChI is InChI=1S/C13H11N3O3S/c1-7-14-12-11(13(18)16(7)15-8(2)17)9(6-20-12)10-4-3-5-19-10/h3-6H,1-2H3,(H,15,17). The monoisotopic (exact) mass is 289 g/mol. The summed E-state index contributed by atoms with van der Waals surface area (Å²) in [5.74, 6) is 0.713. The second kappa shape index (κ2) is 4.61. The van der Waals surface area contributed by atoms with E-state index in [0.717, 1.165) is 4.68 Å². The smallest absolute Gasteiger partial charge is 0.281 e. The number of thiophene rings is 1. The van der Waals surface area contributed by atoms with Crippen LogP contribution in [0.1, 0.15) is 12.7 Å². The number of rotatable bonds is 2. The SMILES string of the molecule is CC(=O)Nn1c(C)nc2scc(-c3ccco3)c2c1=O. The predicted octanol–water partition coefficient (Wildman–Crippen LogP) is 2.12. The molecule has 3 rings (SSSR count). The van der Waals surface area contributed by atoms with E-state index in [2.05, 4.69) is 10.4 Å². The van der Waals surface area contributed by atoms with Gasteiger partial charge in [-0.2, -0.15) is 0 Å². The number of hydrogen-bond donors (Lipinski definition) is 1. The Bertz CT molecular complexity index is 846. The lowest BCUT2D eigenvalue weighted by Crippen LogP contribution is -2.34. The first-order valence-electron chi connectivity index (χ1n) is 5.90. The predicted molar refractivity (Wildman–Crippen MR) is 76.4 cm³/mol. The number of carbonyl (C=O) groups excluding carboxylic acids is 1. The quantitative estimate of drug-likeness (QED) is 0.784. The summed E-state index contributed by atoms with van der Waals surface area (Å²) in [6.07, 6.45) is 1.55. The third-order valence-electron chi connectivity index (χ3n) is 2.83. The average molecular weight is 289 g/mol. The Kier molecular flexibility index (Phi) is 2.90. The summed E-state index contributed by atoms with van der Waals surface area (Å²) in [6.45, 7) is 3.01. The number of fused-ring (bicyclic) bond motifs is 1. The highest BCUT2D eigenvalue weighted by Crippen LogP contribution is 2.30. The van der Waals surface area contributed by atoms with Crippen molar-refractivity contribution in [3.63, 3.8) is 0 Å².